The Morgan fingerprint density at radius 2 is 1.09 bits per heavy atom. The molecule has 0 amide bonds. The molecule has 0 aromatic heterocycles. The highest BCUT2D eigenvalue weighted by molar-refractivity contribution is 5.74. The number of rotatable bonds is 12. The second-order valence-electron chi connectivity index (χ2n) is 8.31. The third-order valence-electron chi connectivity index (χ3n) is 5.63. The van der Waals surface area contributed by atoms with Crippen molar-refractivity contribution in [1.29, 1.82) is 0 Å². The number of ether oxygens (including phenoxy) is 2. The number of benzene rings is 4. The van der Waals surface area contributed by atoms with E-state index in [1.54, 1.807) is 0 Å². The molecule has 0 aliphatic carbocycles. The number of aliphatic carboxylic acids is 1. The van der Waals surface area contributed by atoms with Crippen LogP contribution >= 0.6 is 0 Å². The van der Waals surface area contributed by atoms with Crippen LogP contribution in [-0.4, -0.2) is 17.1 Å². The molecule has 0 unspecified atom stereocenters. The first kappa shape index (κ1) is 24.0. The van der Waals surface area contributed by atoms with Crippen LogP contribution in [0.5, 0.6) is 11.5 Å². The molecule has 0 aliphatic heterocycles. The summed E-state index contributed by atoms with van der Waals surface area (Å²) in [6.07, 6.45) is 0.382. The van der Waals surface area contributed by atoms with Gasteiger partial charge in [-0.3, -0.25) is 4.79 Å². The Morgan fingerprint density at radius 1 is 0.629 bits per heavy atom. The number of nitrogens with one attached hydrogen (secondary N) is 1. The first-order valence-corrected chi connectivity index (χ1v) is 11.6. The lowest BCUT2D eigenvalue weighted by Crippen LogP contribution is -2.38. The van der Waals surface area contributed by atoms with E-state index in [4.69, 9.17) is 9.47 Å². The molecule has 35 heavy (non-hydrogen) atoms. The maximum Gasteiger partial charge on any atom is 0.321 e. The van der Waals surface area contributed by atoms with Crippen LogP contribution in [0.25, 0.3) is 0 Å². The molecule has 0 radical (unpaired) electrons. The Bertz CT molecular complexity index is 1180. The summed E-state index contributed by atoms with van der Waals surface area (Å²) in [4.78, 5) is 11.8. The van der Waals surface area contributed by atoms with Crippen molar-refractivity contribution in [2.75, 3.05) is 0 Å². The summed E-state index contributed by atoms with van der Waals surface area (Å²) in [6, 6.07) is 34.6. The Labute approximate surface area is 206 Å². The Morgan fingerprint density at radius 3 is 1.54 bits per heavy atom. The summed E-state index contributed by atoms with van der Waals surface area (Å²) in [5.41, 5.74) is 4.13. The van der Waals surface area contributed by atoms with Crippen LogP contribution < -0.4 is 14.8 Å². The highest BCUT2D eigenvalue weighted by atomic mass is 16.5. The third kappa shape index (κ3) is 7.73. The van der Waals surface area contributed by atoms with Crippen molar-refractivity contribution in [1.82, 2.24) is 5.32 Å². The zero-order chi connectivity index (χ0) is 24.3. The van der Waals surface area contributed by atoms with Gasteiger partial charge in [-0.2, -0.15) is 0 Å². The molecule has 5 heteroatoms. The van der Waals surface area contributed by atoms with Gasteiger partial charge in [-0.05, 0) is 52.9 Å². The first-order chi connectivity index (χ1) is 17.2. The first-order valence-electron chi connectivity index (χ1n) is 11.6. The van der Waals surface area contributed by atoms with E-state index in [-0.39, 0.29) is 0 Å². The van der Waals surface area contributed by atoms with Crippen LogP contribution in [0.1, 0.15) is 22.3 Å². The molecular formula is C30H29NO4. The molecule has 0 saturated carbocycles. The average Bonchev–Trinajstić information content (AvgIpc) is 2.91. The van der Waals surface area contributed by atoms with Crippen LogP contribution in [0.4, 0.5) is 0 Å². The van der Waals surface area contributed by atoms with E-state index < -0.39 is 12.0 Å². The SMILES string of the molecule is O=C(O)[C@H](Cc1ccc(OCc2ccccc2)cc1)NCc1ccc(OCc2ccccc2)cc1. The van der Waals surface area contributed by atoms with Crippen LogP contribution in [-0.2, 0) is 31.0 Å². The second-order valence-corrected chi connectivity index (χ2v) is 8.31. The molecule has 0 spiro atoms. The van der Waals surface area contributed by atoms with Gasteiger partial charge in [-0.15, -0.1) is 0 Å². The van der Waals surface area contributed by atoms with Crippen molar-refractivity contribution in [2.24, 2.45) is 0 Å². The van der Waals surface area contributed by atoms with Gasteiger partial charge >= 0.3 is 5.97 Å². The van der Waals surface area contributed by atoms with Crippen LogP contribution in [0.15, 0.2) is 109 Å². The van der Waals surface area contributed by atoms with Gasteiger partial charge in [0.05, 0.1) is 0 Å². The third-order valence-corrected chi connectivity index (χ3v) is 5.63. The van der Waals surface area contributed by atoms with Gasteiger partial charge in [-0.25, -0.2) is 0 Å². The summed E-state index contributed by atoms with van der Waals surface area (Å²) in [5.74, 6) is 0.659. The highest BCUT2D eigenvalue weighted by Crippen LogP contribution is 2.17. The zero-order valence-electron chi connectivity index (χ0n) is 19.5. The van der Waals surface area contributed by atoms with Crippen LogP contribution in [0.3, 0.4) is 0 Å². The van der Waals surface area contributed by atoms with Crippen molar-refractivity contribution in [3.8, 4) is 11.5 Å². The molecule has 4 aromatic rings. The fraction of sp³-hybridized carbons (Fsp3) is 0.167. The Hall–Kier alpha value is -4.09. The fourth-order valence-corrected chi connectivity index (χ4v) is 3.63. The molecule has 0 saturated heterocycles. The molecule has 0 fully saturated rings. The standard InChI is InChI=1S/C30H29NO4/c32-30(33)29(19-23-11-15-27(16-12-23)34-21-25-7-3-1-4-8-25)31-20-24-13-17-28(18-14-24)35-22-26-9-5-2-6-10-26/h1-18,29,31H,19-22H2,(H,32,33)/t29-/m0/s1. The second kappa shape index (κ2) is 12.4. The molecule has 1 atom stereocenters. The van der Waals surface area contributed by atoms with Gasteiger partial charge in [0.2, 0.25) is 0 Å². The lowest BCUT2D eigenvalue weighted by atomic mass is 10.1. The van der Waals surface area contributed by atoms with Gasteiger partial charge in [0, 0.05) is 6.54 Å². The predicted molar refractivity (Wildman–Crippen MR) is 136 cm³/mol. The zero-order valence-corrected chi connectivity index (χ0v) is 19.5. The summed E-state index contributed by atoms with van der Waals surface area (Å²) in [7, 11) is 0. The maximum absolute atomic E-state index is 11.8. The van der Waals surface area contributed by atoms with E-state index in [1.165, 1.54) is 0 Å². The highest BCUT2D eigenvalue weighted by Gasteiger charge is 2.17. The van der Waals surface area contributed by atoms with Gasteiger partial charge in [0.15, 0.2) is 0 Å². The minimum atomic E-state index is -0.878. The smallest absolute Gasteiger partial charge is 0.321 e. The average molecular weight is 468 g/mol. The molecule has 178 valence electrons. The van der Waals surface area contributed by atoms with Gasteiger partial charge in [0.1, 0.15) is 30.8 Å². The fourth-order valence-electron chi connectivity index (χ4n) is 3.63. The van der Waals surface area contributed by atoms with E-state index >= 15 is 0 Å². The lowest BCUT2D eigenvalue weighted by Gasteiger charge is -2.15. The van der Waals surface area contributed by atoms with Crippen molar-refractivity contribution < 1.29 is 19.4 Å². The van der Waals surface area contributed by atoms with Crippen molar-refractivity contribution >= 4 is 5.97 Å². The maximum atomic E-state index is 11.8. The summed E-state index contributed by atoms with van der Waals surface area (Å²) in [6.45, 7) is 1.46. The normalized spacial score (nSPS) is 11.5. The molecule has 2 N–H and O–H groups in total. The number of hydrogen-bond acceptors (Lipinski definition) is 4. The quantitative estimate of drug-likeness (QED) is 0.283. The molecule has 0 bridgehead atoms. The van der Waals surface area contributed by atoms with Crippen LogP contribution in [0, 0.1) is 0 Å². The predicted octanol–water partition coefficient (Wildman–Crippen LogP) is 5.63. The topological polar surface area (TPSA) is 67.8 Å². The van der Waals surface area contributed by atoms with Crippen molar-refractivity contribution in [3.05, 3.63) is 131 Å². The Kier molecular flexibility index (Phi) is 8.52. The number of carbonyl (C=O) groups is 1. The van der Waals surface area contributed by atoms with Gasteiger partial charge in [0.25, 0.3) is 0 Å². The minimum absolute atomic E-state index is 0.382. The lowest BCUT2D eigenvalue weighted by molar-refractivity contribution is -0.139. The van der Waals surface area contributed by atoms with Crippen molar-refractivity contribution in [2.45, 2.75) is 32.2 Å². The molecule has 4 rings (SSSR count). The molecular weight excluding hydrogens is 438 g/mol. The van der Waals surface area contributed by atoms with E-state index in [0.29, 0.717) is 26.2 Å². The van der Waals surface area contributed by atoms with E-state index in [1.807, 2.05) is 109 Å². The number of hydrogen-bond donors (Lipinski definition) is 2. The molecule has 0 heterocycles. The van der Waals surface area contributed by atoms with E-state index in [0.717, 1.165) is 33.8 Å². The van der Waals surface area contributed by atoms with E-state index in [9.17, 15) is 9.90 Å². The van der Waals surface area contributed by atoms with Crippen LogP contribution in [0.2, 0.25) is 0 Å². The summed E-state index contributed by atoms with van der Waals surface area (Å²) in [5, 5.41) is 12.8. The number of carboxylic acids is 1. The molecule has 0 aliphatic rings. The van der Waals surface area contributed by atoms with Gasteiger partial charge < -0.3 is 19.9 Å². The summed E-state index contributed by atoms with van der Waals surface area (Å²) < 4.78 is 11.6. The Balaban J connectivity index is 1.25. The monoisotopic (exact) mass is 467 g/mol. The number of carboxylic acid groups (broad SMARTS) is 1. The van der Waals surface area contributed by atoms with Crippen molar-refractivity contribution in [3.63, 3.8) is 0 Å². The largest absolute Gasteiger partial charge is 0.489 e. The molecule has 5 nitrogen and oxygen atoms in total. The minimum Gasteiger partial charge on any atom is -0.489 e. The van der Waals surface area contributed by atoms with E-state index in [2.05, 4.69) is 5.32 Å². The van der Waals surface area contributed by atoms with Gasteiger partial charge in [-0.1, -0.05) is 84.9 Å². The molecule has 4 aromatic carbocycles. The summed E-state index contributed by atoms with van der Waals surface area (Å²) >= 11 is 0.